The van der Waals surface area contributed by atoms with Gasteiger partial charge in [0.25, 0.3) is 0 Å². The van der Waals surface area contributed by atoms with Crippen LogP contribution >= 0.6 is 43.5 Å². The quantitative estimate of drug-likeness (QED) is 0.501. The van der Waals surface area contributed by atoms with Crippen molar-refractivity contribution in [1.82, 2.24) is 0 Å². The number of carbonyl (C=O) groups excluding carboxylic acids is 1. The molecule has 0 N–H and O–H groups in total. The Morgan fingerprint density at radius 1 is 1.16 bits per heavy atom. The van der Waals surface area contributed by atoms with Gasteiger partial charge in [0, 0.05) is 5.02 Å². The molecule has 1 aliphatic rings. The fourth-order valence-electron chi connectivity index (χ4n) is 1.32. The molecule has 0 fully saturated rings. The molecule has 0 radical (unpaired) electrons. The molecule has 0 amide bonds. The van der Waals surface area contributed by atoms with Crippen LogP contribution in [0.1, 0.15) is 0 Å². The average Bonchev–Trinajstić information content (AvgIpc) is 2.31. The topological polar surface area (TPSA) is 52.5 Å². The number of carbonyl (C=O) groups is 1. The molecule has 0 saturated carbocycles. The Labute approximate surface area is 154 Å². The van der Waals surface area contributed by atoms with Gasteiger partial charge in [0.2, 0.25) is 5.78 Å². The monoisotopic (exact) mass is 411 g/mol. The summed E-state index contributed by atoms with van der Waals surface area (Å²) < 4.78 is 0.837. The normalized spacial score (nSPS) is 14.5. The Morgan fingerprint density at radius 3 is 2.26 bits per heavy atom. The largest absolute Gasteiger partial charge is 1.00 e. The third-order valence-corrected chi connectivity index (χ3v) is 3.63. The Kier molecular flexibility index (Phi) is 6.50. The first-order chi connectivity index (χ1) is 8.47. The molecule has 0 heterocycles. The minimum absolute atomic E-state index is 0. The van der Waals surface area contributed by atoms with Gasteiger partial charge in [0.15, 0.2) is 0 Å². The van der Waals surface area contributed by atoms with Gasteiger partial charge in [-0.2, -0.15) is 0 Å². The van der Waals surface area contributed by atoms with E-state index in [1.54, 1.807) is 18.2 Å². The summed E-state index contributed by atoms with van der Waals surface area (Å²) in [7, 11) is 0. The van der Waals surface area contributed by atoms with Gasteiger partial charge in [-0.3, -0.25) is 4.79 Å². The molecule has 0 aromatic heterocycles. The molecule has 0 bridgehead atoms. The molecule has 0 spiro atoms. The summed E-state index contributed by atoms with van der Waals surface area (Å²) >= 11 is 12.0. The molecule has 0 saturated heterocycles. The maximum absolute atomic E-state index is 11.5. The minimum atomic E-state index is -0.243. The molecule has 1 aliphatic carbocycles. The van der Waals surface area contributed by atoms with Crippen LogP contribution in [-0.4, -0.2) is 11.5 Å². The Hall–Kier alpha value is 0.0900. The number of aliphatic imine (C=N–C) groups is 1. The molecule has 7 heteroatoms. The van der Waals surface area contributed by atoms with E-state index in [0.29, 0.717) is 20.4 Å². The zero-order chi connectivity index (χ0) is 13.3. The third kappa shape index (κ3) is 4.28. The van der Waals surface area contributed by atoms with Gasteiger partial charge in [0.05, 0.1) is 20.4 Å². The van der Waals surface area contributed by atoms with Crippen LogP contribution in [-0.2, 0) is 4.79 Å². The number of hydrogen-bond acceptors (Lipinski definition) is 3. The molecule has 92 valence electrons. The molecule has 0 atom stereocenters. The van der Waals surface area contributed by atoms with Gasteiger partial charge >= 0.3 is 29.6 Å². The van der Waals surface area contributed by atoms with E-state index in [1.165, 1.54) is 12.1 Å². The molecular weight excluding hydrogens is 408 g/mol. The van der Waals surface area contributed by atoms with E-state index in [0.717, 1.165) is 0 Å². The standard InChI is InChI=1S/C12H6Br2ClNO2.Na/c13-8-3-7(4-9(14)12(8)18)16-6-1-2-11(17)10(15)5-6;/h1-5,17H;/q;+1/p-1. The van der Waals surface area contributed by atoms with Crippen LogP contribution in [0.4, 0.5) is 5.69 Å². The van der Waals surface area contributed by atoms with Gasteiger partial charge in [-0.1, -0.05) is 23.4 Å². The SMILES string of the molecule is O=C1C(Br)=CC(=Nc2ccc([O-])c(Cl)c2)C=C1Br.[Na+]. The molecular formula is C12H5Br2ClNNaO2. The molecule has 1 aromatic carbocycles. The summed E-state index contributed by atoms with van der Waals surface area (Å²) in [6, 6.07) is 4.41. The van der Waals surface area contributed by atoms with Crippen LogP contribution in [0.2, 0.25) is 5.02 Å². The predicted octanol–water partition coefficient (Wildman–Crippen LogP) is 0.630. The Morgan fingerprint density at radius 2 is 1.74 bits per heavy atom. The molecule has 0 unspecified atom stereocenters. The van der Waals surface area contributed by atoms with E-state index in [1.807, 2.05) is 0 Å². The van der Waals surface area contributed by atoms with Crippen LogP contribution < -0.4 is 34.7 Å². The minimum Gasteiger partial charge on any atom is -0.871 e. The second-order valence-corrected chi connectivity index (χ2v) is 5.58. The Bertz CT molecular complexity index is 602. The number of ketones is 1. The second kappa shape index (κ2) is 7.20. The number of Topliss-reactive ketones (excluding diaryl/α,β-unsaturated/α-hetero) is 1. The van der Waals surface area contributed by atoms with Crippen molar-refractivity contribution >= 4 is 60.6 Å². The van der Waals surface area contributed by atoms with Crippen molar-refractivity contribution in [3.8, 4) is 5.75 Å². The number of hydrogen-bond donors (Lipinski definition) is 0. The fraction of sp³-hybridized carbons (Fsp3) is 0. The van der Waals surface area contributed by atoms with Gasteiger partial charge in [-0.05, 0) is 56.1 Å². The fourth-order valence-corrected chi connectivity index (χ4v) is 2.66. The summed E-state index contributed by atoms with van der Waals surface area (Å²) in [5, 5.41) is 11.3. The maximum Gasteiger partial charge on any atom is 1.00 e. The van der Waals surface area contributed by atoms with Gasteiger partial charge in [-0.15, -0.1) is 0 Å². The molecule has 2 rings (SSSR count). The van der Waals surface area contributed by atoms with Crippen molar-refractivity contribution in [2.75, 3.05) is 0 Å². The molecule has 3 nitrogen and oxygen atoms in total. The predicted molar refractivity (Wildman–Crippen MR) is 77.0 cm³/mol. The summed E-state index contributed by atoms with van der Waals surface area (Å²) in [4.78, 5) is 15.8. The summed E-state index contributed by atoms with van der Waals surface area (Å²) in [5.74, 6) is -0.380. The van der Waals surface area contributed by atoms with Crippen LogP contribution in [0.25, 0.3) is 0 Å². The number of benzene rings is 1. The average molecular weight is 413 g/mol. The van der Waals surface area contributed by atoms with Crippen molar-refractivity contribution in [3.63, 3.8) is 0 Å². The van der Waals surface area contributed by atoms with E-state index in [2.05, 4.69) is 36.9 Å². The summed E-state index contributed by atoms with van der Waals surface area (Å²) in [5.41, 5.74) is 1.14. The number of nitrogens with zero attached hydrogens (tertiary/aromatic N) is 1. The number of rotatable bonds is 1. The van der Waals surface area contributed by atoms with E-state index in [9.17, 15) is 9.90 Å². The zero-order valence-electron chi connectivity index (χ0n) is 9.78. The molecule has 19 heavy (non-hydrogen) atoms. The zero-order valence-corrected chi connectivity index (χ0v) is 15.7. The van der Waals surface area contributed by atoms with Crippen molar-refractivity contribution in [2.45, 2.75) is 0 Å². The first-order valence-electron chi connectivity index (χ1n) is 4.82. The maximum atomic E-state index is 11.5. The smallest absolute Gasteiger partial charge is 0.871 e. The summed E-state index contributed by atoms with van der Waals surface area (Å²) in [6.07, 6.45) is 3.21. The van der Waals surface area contributed by atoms with Crippen LogP contribution in [0.15, 0.2) is 44.3 Å². The van der Waals surface area contributed by atoms with E-state index in [-0.39, 0.29) is 46.1 Å². The number of allylic oxidation sites excluding steroid dienone is 4. The van der Waals surface area contributed by atoms with Crippen LogP contribution in [0.3, 0.4) is 0 Å². The number of halogens is 3. The molecule has 1 aromatic rings. The second-order valence-electron chi connectivity index (χ2n) is 3.47. The van der Waals surface area contributed by atoms with Gasteiger partial charge < -0.3 is 5.11 Å². The van der Waals surface area contributed by atoms with Gasteiger partial charge in [-0.25, -0.2) is 4.99 Å². The first-order valence-corrected chi connectivity index (χ1v) is 6.78. The van der Waals surface area contributed by atoms with E-state index in [4.69, 9.17) is 11.6 Å². The third-order valence-electron chi connectivity index (χ3n) is 2.16. The van der Waals surface area contributed by atoms with Crippen LogP contribution in [0.5, 0.6) is 5.75 Å². The van der Waals surface area contributed by atoms with Crippen molar-refractivity contribution < 1.29 is 39.5 Å². The van der Waals surface area contributed by atoms with Crippen molar-refractivity contribution in [1.29, 1.82) is 0 Å². The van der Waals surface area contributed by atoms with E-state index < -0.39 is 0 Å². The van der Waals surface area contributed by atoms with E-state index >= 15 is 0 Å². The molecule has 0 aliphatic heterocycles. The Balaban J connectivity index is 0.00000180. The van der Waals surface area contributed by atoms with Crippen LogP contribution in [0, 0.1) is 0 Å². The first kappa shape index (κ1) is 17.1. The van der Waals surface area contributed by atoms with Crippen molar-refractivity contribution in [2.24, 2.45) is 4.99 Å². The van der Waals surface area contributed by atoms with Gasteiger partial charge in [0.1, 0.15) is 0 Å². The summed E-state index contributed by atoms with van der Waals surface area (Å²) in [6.45, 7) is 0. The van der Waals surface area contributed by atoms with Crippen molar-refractivity contribution in [3.05, 3.63) is 44.3 Å².